The number of carboxylic acids is 1. The van der Waals surface area contributed by atoms with Crippen molar-refractivity contribution in [2.45, 2.75) is 19.9 Å². The number of nitrogens with zero attached hydrogens (tertiary/aromatic N) is 1. The van der Waals surface area contributed by atoms with Crippen molar-refractivity contribution >= 4 is 23.2 Å². The smallest absolute Gasteiger partial charge is 0.345 e. The summed E-state index contributed by atoms with van der Waals surface area (Å²) in [4.78, 5) is 25.0. The highest BCUT2D eigenvalue weighted by Gasteiger charge is 2.22. The number of aromatic carboxylic acids is 1. The maximum atomic E-state index is 11.2. The highest BCUT2D eigenvalue weighted by Crippen LogP contribution is 2.28. The third kappa shape index (κ3) is 1.87. The Labute approximate surface area is 91.1 Å². The molecule has 4 nitrogen and oxygen atoms in total. The Morgan fingerprint density at radius 3 is 2.87 bits per heavy atom. The van der Waals surface area contributed by atoms with Crippen molar-refractivity contribution in [3.8, 4) is 0 Å². The van der Waals surface area contributed by atoms with Gasteiger partial charge in [0, 0.05) is 18.3 Å². The molecule has 0 bridgehead atoms. The SMILES string of the molecule is CC(=O)N1CCc2cc(C(=O)O)sc2C1. The van der Waals surface area contributed by atoms with Crippen molar-refractivity contribution in [2.24, 2.45) is 0 Å². The molecular weight excluding hydrogens is 214 g/mol. The Bertz CT molecular complexity index is 424. The second-order valence-corrected chi connectivity index (χ2v) is 4.69. The van der Waals surface area contributed by atoms with Gasteiger partial charge < -0.3 is 10.0 Å². The minimum absolute atomic E-state index is 0.0472. The van der Waals surface area contributed by atoms with Crippen LogP contribution in [0.1, 0.15) is 27.0 Å². The zero-order chi connectivity index (χ0) is 11.0. The Morgan fingerprint density at radius 1 is 1.53 bits per heavy atom. The molecule has 15 heavy (non-hydrogen) atoms. The van der Waals surface area contributed by atoms with Crippen LogP contribution in [0.4, 0.5) is 0 Å². The molecule has 1 N–H and O–H groups in total. The molecule has 0 spiro atoms. The van der Waals surface area contributed by atoms with Gasteiger partial charge in [-0.3, -0.25) is 4.79 Å². The molecule has 0 saturated heterocycles. The number of rotatable bonds is 1. The quantitative estimate of drug-likeness (QED) is 0.785. The minimum atomic E-state index is -0.885. The molecule has 80 valence electrons. The Balaban J connectivity index is 2.26. The average Bonchev–Trinajstić information content (AvgIpc) is 2.59. The highest BCUT2D eigenvalue weighted by atomic mass is 32.1. The first-order chi connectivity index (χ1) is 7.08. The summed E-state index contributed by atoms with van der Waals surface area (Å²) < 4.78 is 0. The van der Waals surface area contributed by atoms with Gasteiger partial charge in [-0.1, -0.05) is 0 Å². The van der Waals surface area contributed by atoms with Crippen molar-refractivity contribution in [1.82, 2.24) is 4.90 Å². The van der Waals surface area contributed by atoms with Crippen molar-refractivity contribution in [1.29, 1.82) is 0 Å². The summed E-state index contributed by atoms with van der Waals surface area (Å²) in [6, 6.07) is 1.72. The summed E-state index contributed by atoms with van der Waals surface area (Å²) in [5, 5.41) is 8.84. The second-order valence-electron chi connectivity index (χ2n) is 3.55. The second kappa shape index (κ2) is 3.66. The van der Waals surface area contributed by atoms with Gasteiger partial charge in [-0.25, -0.2) is 4.79 Å². The van der Waals surface area contributed by atoms with Crippen LogP contribution in [0.25, 0.3) is 0 Å². The van der Waals surface area contributed by atoms with Crippen LogP contribution in [0.2, 0.25) is 0 Å². The molecule has 0 atom stereocenters. The maximum absolute atomic E-state index is 11.2. The van der Waals surface area contributed by atoms with Gasteiger partial charge in [-0.15, -0.1) is 11.3 Å². The molecule has 1 aromatic heterocycles. The Kier molecular flexibility index (Phi) is 2.48. The fourth-order valence-corrected chi connectivity index (χ4v) is 2.76. The van der Waals surface area contributed by atoms with Crippen molar-refractivity contribution < 1.29 is 14.7 Å². The number of carbonyl (C=O) groups excluding carboxylic acids is 1. The van der Waals surface area contributed by atoms with E-state index in [9.17, 15) is 9.59 Å². The highest BCUT2D eigenvalue weighted by molar-refractivity contribution is 7.14. The molecule has 1 aliphatic heterocycles. The van der Waals surface area contributed by atoms with Gasteiger partial charge in [0.2, 0.25) is 5.91 Å². The lowest BCUT2D eigenvalue weighted by molar-refractivity contribution is -0.129. The van der Waals surface area contributed by atoms with Crippen LogP contribution in [0.5, 0.6) is 0 Å². The monoisotopic (exact) mass is 225 g/mol. The van der Waals surface area contributed by atoms with Gasteiger partial charge >= 0.3 is 5.97 Å². The zero-order valence-electron chi connectivity index (χ0n) is 8.32. The largest absolute Gasteiger partial charge is 0.477 e. The van der Waals surface area contributed by atoms with Crippen LogP contribution < -0.4 is 0 Å². The minimum Gasteiger partial charge on any atom is -0.477 e. The number of hydrogen-bond acceptors (Lipinski definition) is 3. The molecule has 1 aromatic rings. The van der Waals surface area contributed by atoms with Gasteiger partial charge in [0.15, 0.2) is 0 Å². The van der Waals surface area contributed by atoms with Gasteiger partial charge in [-0.05, 0) is 18.1 Å². The number of fused-ring (bicyclic) bond motifs is 1. The molecule has 0 radical (unpaired) electrons. The molecule has 0 aromatic carbocycles. The summed E-state index contributed by atoms with van der Waals surface area (Å²) >= 11 is 1.27. The van der Waals surface area contributed by atoms with Crippen molar-refractivity contribution in [3.63, 3.8) is 0 Å². The van der Waals surface area contributed by atoms with Crippen LogP contribution in [0.15, 0.2) is 6.07 Å². The molecule has 0 fully saturated rings. The lowest BCUT2D eigenvalue weighted by atomic mass is 10.1. The molecule has 0 unspecified atom stereocenters. The average molecular weight is 225 g/mol. The van der Waals surface area contributed by atoms with E-state index >= 15 is 0 Å². The van der Waals surface area contributed by atoms with Crippen LogP contribution in [0, 0.1) is 0 Å². The number of amides is 1. The van der Waals surface area contributed by atoms with E-state index in [-0.39, 0.29) is 5.91 Å². The first-order valence-corrected chi connectivity index (χ1v) is 5.50. The lowest BCUT2D eigenvalue weighted by Crippen LogP contribution is -2.33. The fourth-order valence-electron chi connectivity index (χ4n) is 1.69. The number of carboxylic acid groups (broad SMARTS) is 1. The summed E-state index contributed by atoms with van der Waals surface area (Å²) in [7, 11) is 0. The van der Waals surface area contributed by atoms with E-state index in [0.717, 1.165) is 16.9 Å². The molecule has 0 saturated carbocycles. The summed E-state index contributed by atoms with van der Waals surface area (Å²) in [6.45, 7) is 2.79. The molecule has 2 rings (SSSR count). The Morgan fingerprint density at radius 2 is 2.27 bits per heavy atom. The molecular formula is C10H11NO3S. The first-order valence-electron chi connectivity index (χ1n) is 4.68. The summed E-state index contributed by atoms with van der Waals surface area (Å²) in [5.41, 5.74) is 1.08. The summed E-state index contributed by atoms with van der Waals surface area (Å²) in [5.74, 6) is -0.838. The van der Waals surface area contributed by atoms with E-state index in [1.165, 1.54) is 18.3 Å². The number of hydrogen-bond donors (Lipinski definition) is 1. The van der Waals surface area contributed by atoms with Crippen LogP contribution >= 0.6 is 11.3 Å². The predicted molar refractivity (Wildman–Crippen MR) is 56.1 cm³/mol. The third-order valence-electron chi connectivity index (χ3n) is 2.54. The van der Waals surface area contributed by atoms with Crippen molar-refractivity contribution in [3.05, 3.63) is 21.4 Å². The molecule has 1 aliphatic rings. The molecule has 0 aliphatic carbocycles. The van der Waals surface area contributed by atoms with E-state index in [0.29, 0.717) is 18.0 Å². The van der Waals surface area contributed by atoms with Gasteiger partial charge in [0.1, 0.15) is 4.88 Å². The normalized spacial score (nSPS) is 14.9. The predicted octanol–water partition coefficient (Wildman–Crippen LogP) is 1.35. The standard InChI is InChI=1S/C10H11NO3S/c1-6(12)11-3-2-7-4-8(10(13)14)15-9(7)5-11/h4H,2-3,5H2,1H3,(H,13,14). The number of thiophene rings is 1. The maximum Gasteiger partial charge on any atom is 0.345 e. The van der Waals surface area contributed by atoms with Crippen molar-refractivity contribution in [2.75, 3.05) is 6.54 Å². The van der Waals surface area contributed by atoms with E-state index in [4.69, 9.17) is 5.11 Å². The molecule has 5 heteroatoms. The topological polar surface area (TPSA) is 57.6 Å². The Hall–Kier alpha value is -1.36. The van der Waals surface area contributed by atoms with Crippen LogP contribution in [-0.4, -0.2) is 28.4 Å². The zero-order valence-corrected chi connectivity index (χ0v) is 9.13. The van der Waals surface area contributed by atoms with Gasteiger partial charge in [0.05, 0.1) is 6.54 Å². The molecule has 2 heterocycles. The van der Waals surface area contributed by atoms with E-state index in [1.54, 1.807) is 11.0 Å². The molecule has 1 amide bonds. The fraction of sp³-hybridized carbons (Fsp3) is 0.400. The van der Waals surface area contributed by atoms with E-state index < -0.39 is 5.97 Å². The first kappa shape index (κ1) is 10.2. The number of carbonyl (C=O) groups is 2. The summed E-state index contributed by atoms with van der Waals surface area (Å²) in [6.07, 6.45) is 0.763. The van der Waals surface area contributed by atoms with Crippen LogP contribution in [-0.2, 0) is 17.8 Å². The third-order valence-corrected chi connectivity index (χ3v) is 3.69. The van der Waals surface area contributed by atoms with Gasteiger partial charge in [0.25, 0.3) is 0 Å². The van der Waals surface area contributed by atoms with Crippen LogP contribution in [0.3, 0.4) is 0 Å². The lowest BCUT2D eigenvalue weighted by Gasteiger charge is -2.25. The van der Waals surface area contributed by atoms with E-state index in [1.807, 2.05) is 0 Å². The van der Waals surface area contributed by atoms with Gasteiger partial charge in [-0.2, -0.15) is 0 Å². The van der Waals surface area contributed by atoms with E-state index in [2.05, 4.69) is 0 Å².